The second-order valence-electron chi connectivity index (χ2n) is 4.51. The Labute approximate surface area is 108 Å². The quantitative estimate of drug-likeness (QED) is 0.623. The van der Waals surface area contributed by atoms with Crippen LogP contribution in [0.2, 0.25) is 0 Å². The van der Waals surface area contributed by atoms with Crippen LogP contribution in [-0.2, 0) is 6.54 Å². The molecule has 0 aliphatic carbocycles. The fourth-order valence-corrected chi connectivity index (χ4v) is 2.04. The zero-order valence-corrected chi connectivity index (χ0v) is 11.5. The third-order valence-corrected chi connectivity index (χ3v) is 3.30. The fraction of sp³-hybridized carbons (Fsp3) is 0.615. The van der Waals surface area contributed by atoms with E-state index in [1.54, 1.807) is 20.0 Å². The molecule has 5 nitrogen and oxygen atoms in total. The van der Waals surface area contributed by atoms with E-state index in [2.05, 4.69) is 24.1 Å². The smallest absolute Gasteiger partial charge is 0.278 e. The average Bonchev–Trinajstić information content (AvgIpc) is 2.32. The topological polar surface area (TPSA) is 68.1 Å². The Morgan fingerprint density at radius 2 is 2.00 bits per heavy atom. The Morgan fingerprint density at radius 1 is 1.39 bits per heavy atom. The van der Waals surface area contributed by atoms with Gasteiger partial charge in [-0.25, -0.2) is 0 Å². The van der Waals surface area contributed by atoms with E-state index in [1.165, 1.54) is 0 Å². The molecular formula is C13H21N3O2. The molecule has 1 rings (SSSR count). The third-order valence-electron chi connectivity index (χ3n) is 3.30. The summed E-state index contributed by atoms with van der Waals surface area (Å²) in [6, 6.07) is 0.437. The van der Waals surface area contributed by atoms with Crippen molar-refractivity contribution in [2.75, 3.05) is 0 Å². The molecule has 0 spiro atoms. The normalized spacial score (nSPS) is 10.9. The molecule has 0 atom stereocenters. The lowest BCUT2D eigenvalue weighted by Gasteiger charge is -2.15. The van der Waals surface area contributed by atoms with Crippen LogP contribution in [0.3, 0.4) is 0 Å². The van der Waals surface area contributed by atoms with Crippen LogP contribution in [0.1, 0.15) is 43.5 Å². The van der Waals surface area contributed by atoms with Gasteiger partial charge in [-0.3, -0.25) is 15.1 Å². The van der Waals surface area contributed by atoms with Crippen LogP contribution in [0.5, 0.6) is 0 Å². The van der Waals surface area contributed by atoms with Crippen molar-refractivity contribution in [1.82, 2.24) is 10.3 Å². The summed E-state index contributed by atoms with van der Waals surface area (Å²) in [5.74, 6) is 0. The summed E-state index contributed by atoms with van der Waals surface area (Å²) in [6.45, 7) is 8.32. The van der Waals surface area contributed by atoms with Gasteiger partial charge in [0.2, 0.25) is 0 Å². The van der Waals surface area contributed by atoms with Crippen molar-refractivity contribution in [3.05, 3.63) is 33.1 Å². The Balaban J connectivity index is 2.91. The maximum atomic E-state index is 11.0. The van der Waals surface area contributed by atoms with Crippen molar-refractivity contribution >= 4 is 5.69 Å². The molecule has 0 unspecified atom stereocenters. The number of aryl methyl sites for hydroxylation is 1. The average molecular weight is 251 g/mol. The molecule has 0 saturated carbocycles. The summed E-state index contributed by atoms with van der Waals surface area (Å²) in [5, 5.41) is 14.4. The van der Waals surface area contributed by atoms with Crippen LogP contribution in [0.25, 0.3) is 0 Å². The van der Waals surface area contributed by atoms with Gasteiger partial charge in [0.1, 0.15) is 0 Å². The van der Waals surface area contributed by atoms with Crippen LogP contribution >= 0.6 is 0 Å². The number of nitrogens with zero attached hydrogens (tertiary/aromatic N) is 2. The first-order chi connectivity index (χ1) is 8.51. The molecule has 100 valence electrons. The standard InChI is InChI=1S/C13H21N3O2/c1-5-11(6-2)14-8-12-10(4)13(16(17)18)9(3)7-15-12/h7,11,14H,5-6,8H2,1-4H3. The van der Waals surface area contributed by atoms with Gasteiger partial charge in [-0.15, -0.1) is 0 Å². The molecule has 1 heterocycles. The predicted molar refractivity (Wildman–Crippen MR) is 71.6 cm³/mol. The van der Waals surface area contributed by atoms with Gasteiger partial charge >= 0.3 is 0 Å². The van der Waals surface area contributed by atoms with Crippen molar-refractivity contribution in [2.24, 2.45) is 0 Å². The van der Waals surface area contributed by atoms with Gasteiger partial charge in [0.15, 0.2) is 0 Å². The summed E-state index contributed by atoms with van der Waals surface area (Å²) in [7, 11) is 0. The number of pyridine rings is 1. The first-order valence-corrected chi connectivity index (χ1v) is 6.34. The predicted octanol–water partition coefficient (Wildman–Crippen LogP) is 2.88. The molecule has 0 amide bonds. The van der Waals surface area contributed by atoms with Gasteiger partial charge in [-0.05, 0) is 26.7 Å². The van der Waals surface area contributed by atoms with E-state index in [4.69, 9.17) is 0 Å². The van der Waals surface area contributed by atoms with Crippen LogP contribution in [0.4, 0.5) is 5.69 Å². The molecule has 18 heavy (non-hydrogen) atoms. The Bertz CT molecular complexity index is 428. The first kappa shape index (κ1) is 14.6. The second kappa shape index (κ2) is 6.44. The number of nitro groups is 1. The maximum Gasteiger partial charge on any atom is 0.278 e. The molecule has 0 radical (unpaired) electrons. The maximum absolute atomic E-state index is 11.0. The molecule has 0 aliphatic heterocycles. The molecule has 5 heteroatoms. The highest BCUT2D eigenvalue weighted by molar-refractivity contribution is 5.47. The van der Waals surface area contributed by atoms with Crippen molar-refractivity contribution in [2.45, 2.75) is 53.1 Å². The van der Waals surface area contributed by atoms with Crippen LogP contribution < -0.4 is 5.32 Å². The van der Waals surface area contributed by atoms with Crippen LogP contribution in [-0.4, -0.2) is 15.9 Å². The SMILES string of the molecule is CCC(CC)NCc1ncc(C)c([N+](=O)[O-])c1C. The summed E-state index contributed by atoms with van der Waals surface area (Å²) >= 11 is 0. The fourth-order valence-electron chi connectivity index (χ4n) is 2.04. The highest BCUT2D eigenvalue weighted by Crippen LogP contribution is 2.23. The largest absolute Gasteiger partial charge is 0.308 e. The zero-order chi connectivity index (χ0) is 13.7. The van der Waals surface area contributed by atoms with Gasteiger partial charge in [0.25, 0.3) is 5.69 Å². The minimum absolute atomic E-state index is 0.186. The van der Waals surface area contributed by atoms with Crippen LogP contribution in [0.15, 0.2) is 6.20 Å². The van der Waals surface area contributed by atoms with E-state index in [9.17, 15) is 10.1 Å². The summed E-state index contributed by atoms with van der Waals surface area (Å²) in [6.07, 6.45) is 3.67. The molecular weight excluding hydrogens is 230 g/mol. The molecule has 0 fully saturated rings. The van der Waals surface area contributed by atoms with E-state index in [-0.39, 0.29) is 10.6 Å². The summed E-state index contributed by atoms with van der Waals surface area (Å²) < 4.78 is 0. The Hall–Kier alpha value is -1.49. The molecule has 0 aliphatic rings. The monoisotopic (exact) mass is 251 g/mol. The first-order valence-electron chi connectivity index (χ1n) is 6.34. The van der Waals surface area contributed by atoms with Gasteiger partial charge in [-0.1, -0.05) is 13.8 Å². The van der Waals surface area contributed by atoms with Crippen molar-refractivity contribution in [3.63, 3.8) is 0 Å². The molecule has 1 N–H and O–H groups in total. The number of nitrogens with one attached hydrogen (secondary N) is 1. The second-order valence-corrected chi connectivity index (χ2v) is 4.51. The van der Waals surface area contributed by atoms with E-state index in [1.807, 2.05) is 0 Å². The van der Waals surface area contributed by atoms with Crippen molar-refractivity contribution in [1.29, 1.82) is 0 Å². The molecule has 1 aromatic heterocycles. The van der Waals surface area contributed by atoms with Crippen LogP contribution in [0, 0.1) is 24.0 Å². The Morgan fingerprint density at radius 3 is 2.50 bits per heavy atom. The highest BCUT2D eigenvalue weighted by Gasteiger charge is 2.18. The van der Waals surface area contributed by atoms with Gasteiger partial charge in [0.05, 0.1) is 10.6 Å². The van der Waals surface area contributed by atoms with E-state index in [0.29, 0.717) is 23.7 Å². The molecule has 1 aromatic rings. The lowest BCUT2D eigenvalue weighted by Crippen LogP contribution is -2.27. The van der Waals surface area contributed by atoms with Crippen molar-refractivity contribution < 1.29 is 4.92 Å². The van der Waals surface area contributed by atoms with Gasteiger partial charge in [0, 0.05) is 29.9 Å². The molecule has 0 saturated heterocycles. The summed E-state index contributed by atoms with van der Waals surface area (Å²) in [5.41, 5.74) is 2.23. The number of aromatic nitrogens is 1. The van der Waals surface area contributed by atoms with Gasteiger partial charge < -0.3 is 5.32 Å². The minimum atomic E-state index is -0.326. The molecule has 0 aromatic carbocycles. The minimum Gasteiger partial charge on any atom is -0.308 e. The number of rotatable bonds is 6. The number of hydrogen-bond donors (Lipinski definition) is 1. The molecule has 0 bridgehead atoms. The van der Waals surface area contributed by atoms with E-state index in [0.717, 1.165) is 18.5 Å². The van der Waals surface area contributed by atoms with E-state index >= 15 is 0 Å². The zero-order valence-electron chi connectivity index (χ0n) is 11.5. The van der Waals surface area contributed by atoms with E-state index < -0.39 is 0 Å². The van der Waals surface area contributed by atoms with Gasteiger partial charge in [-0.2, -0.15) is 0 Å². The van der Waals surface area contributed by atoms with Crippen molar-refractivity contribution in [3.8, 4) is 0 Å². The number of hydrogen-bond acceptors (Lipinski definition) is 4. The lowest BCUT2D eigenvalue weighted by molar-refractivity contribution is -0.386. The lowest BCUT2D eigenvalue weighted by atomic mass is 10.1. The third kappa shape index (κ3) is 3.26. The Kier molecular flexibility index (Phi) is 5.22. The highest BCUT2D eigenvalue weighted by atomic mass is 16.6. The summed E-state index contributed by atoms with van der Waals surface area (Å²) in [4.78, 5) is 15.0.